The lowest BCUT2D eigenvalue weighted by atomic mass is 10.2. The zero-order chi connectivity index (χ0) is 17.8. The van der Waals surface area contributed by atoms with Gasteiger partial charge in [0.15, 0.2) is 0 Å². The molecule has 0 aliphatic rings. The van der Waals surface area contributed by atoms with Crippen molar-refractivity contribution in [2.24, 2.45) is 0 Å². The van der Waals surface area contributed by atoms with Gasteiger partial charge in [0.25, 0.3) is 0 Å². The number of nitrogens with one attached hydrogen (secondary N) is 2. The molecule has 0 radical (unpaired) electrons. The summed E-state index contributed by atoms with van der Waals surface area (Å²) >= 11 is 17.2. The van der Waals surface area contributed by atoms with Gasteiger partial charge in [0.2, 0.25) is 4.77 Å². The van der Waals surface area contributed by atoms with Crippen molar-refractivity contribution >= 4 is 35.4 Å². The number of benzene rings is 2. The maximum Gasteiger partial charge on any atom is 0.214 e. The van der Waals surface area contributed by atoms with Crippen LogP contribution in [0.15, 0.2) is 42.7 Å². The lowest BCUT2D eigenvalue weighted by molar-refractivity contribution is 0.297. The predicted octanol–water partition coefficient (Wildman–Crippen LogP) is 4.71. The summed E-state index contributed by atoms with van der Waals surface area (Å²) in [7, 11) is 0. The minimum absolute atomic E-state index is 0.00524. The van der Waals surface area contributed by atoms with Crippen molar-refractivity contribution in [2.75, 3.05) is 5.43 Å². The first-order valence-corrected chi connectivity index (χ1v) is 8.41. The van der Waals surface area contributed by atoms with E-state index in [9.17, 15) is 4.39 Å². The number of rotatable bonds is 6. The van der Waals surface area contributed by atoms with Crippen LogP contribution in [0.1, 0.15) is 11.1 Å². The molecule has 1 aromatic heterocycles. The molecule has 0 bridgehead atoms. The first-order chi connectivity index (χ1) is 12.0. The van der Waals surface area contributed by atoms with Crippen LogP contribution in [0.25, 0.3) is 0 Å². The fraction of sp³-hybridized carbons (Fsp3) is 0.125. The van der Waals surface area contributed by atoms with Gasteiger partial charge in [-0.05, 0) is 42.5 Å². The van der Waals surface area contributed by atoms with Crippen LogP contribution in [0.3, 0.4) is 0 Å². The second kappa shape index (κ2) is 7.86. The number of hydrogen-bond donors (Lipinski definition) is 2. The molecule has 5 nitrogen and oxygen atoms in total. The molecule has 0 saturated heterocycles. The third kappa shape index (κ3) is 4.31. The molecule has 130 valence electrons. The Morgan fingerprint density at radius 1 is 1.28 bits per heavy atom. The van der Waals surface area contributed by atoms with Gasteiger partial charge in [-0.2, -0.15) is 5.10 Å². The van der Waals surface area contributed by atoms with E-state index in [0.29, 0.717) is 32.7 Å². The molecule has 0 amide bonds. The van der Waals surface area contributed by atoms with Gasteiger partial charge in [-0.25, -0.2) is 9.07 Å². The number of ether oxygens (including phenoxy) is 1. The summed E-state index contributed by atoms with van der Waals surface area (Å²) in [5.41, 5.74) is 4.16. The van der Waals surface area contributed by atoms with Crippen LogP contribution in [-0.4, -0.2) is 14.9 Å². The molecule has 0 atom stereocenters. The Kier molecular flexibility index (Phi) is 5.57. The van der Waals surface area contributed by atoms with E-state index in [4.69, 9.17) is 40.2 Å². The Morgan fingerprint density at radius 3 is 2.84 bits per heavy atom. The highest BCUT2D eigenvalue weighted by Crippen LogP contribution is 2.26. The number of hydrogen-bond acceptors (Lipinski definition) is 4. The molecule has 0 aliphatic carbocycles. The Hall–Kier alpha value is -2.09. The Morgan fingerprint density at radius 2 is 2.12 bits per heavy atom. The third-order valence-electron chi connectivity index (χ3n) is 3.45. The molecule has 0 spiro atoms. The predicted molar refractivity (Wildman–Crippen MR) is 97.7 cm³/mol. The van der Waals surface area contributed by atoms with E-state index >= 15 is 0 Å². The molecule has 3 rings (SSSR count). The highest BCUT2D eigenvalue weighted by molar-refractivity contribution is 7.71. The molecule has 3 aromatic rings. The summed E-state index contributed by atoms with van der Waals surface area (Å²) in [5.74, 6) is 0.150. The third-order valence-corrected chi connectivity index (χ3v) is 4.33. The monoisotopic (exact) mass is 398 g/mol. The van der Waals surface area contributed by atoms with Gasteiger partial charge >= 0.3 is 0 Å². The summed E-state index contributed by atoms with van der Waals surface area (Å²) in [6, 6.07) is 9.70. The molecular formula is C16H13Cl2FN4OS. The van der Waals surface area contributed by atoms with Gasteiger partial charge < -0.3 is 10.2 Å². The van der Waals surface area contributed by atoms with E-state index in [0.717, 1.165) is 5.56 Å². The van der Waals surface area contributed by atoms with Crippen molar-refractivity contribution < 1.29 is 9.13 Å². The van der Waals surface area contributed by atoms with Crippen LogP contribution < -0.4 is 10.2 Å². The molecule has 1 heterocycles. The highest BCUT2D eigenvalue weighted by Gasteiger charge is 2.10. The van der Waals surface area contributed by atoms with Crippen LogP contribution in [0.5, 0.6) is 5.75 Å². The zero-order valence-electron chi connectivity index (χ0n) is 12.8. The van der Waals surface area contributed by atoms with E-state index < -0.39 is 5.82 Å². The fourth-order valence-corrected chi connectivity index (χ4v) is 2.75. The van der Waals surface area contributed by atoms with Crippen LogP contribution in [0.4, 0.5) is 4.39 Å². The van der Waals surface area contributed by atoms with Gasteiger partial charge in [0, 0.05) is 16.1 Å². The van der Waals surface area contributed by atoms with Crippen LogP contribution in [0.2, 0.25) is 10.0 Å². The Bertz CT molecular complexity index is 924. The summed E-state index contributed by atoms with van der Waals surface area (Å²) in [5, 5.41) is 7.35. The Balaban J connectivity index is 1.77. The molecule has 0 saturated carbocycles. The maximum absolute atomic E-state index is 13.9. The summed E-state index contributed by atoms with van der Waals surface area (Å²) in [4.78, 5) is 0. The number of halogens is 3. The molecule has 2 aromatic carbocycles. The van der Waals surface area contributed by atoms with Crippen molar-refractivity contribution in [2.45, 2.75) is 13.2 Å². The highest BCUT2D eigenvalue weighted by atomic mass is 35.5. The van der Waals surface area contributed by atoms with Crippen molar-refractivity contribution in [1.82, 2.24) is 14.9 Å². The lowest BCUT2D eigenvalue weighted by Crippen LogP contribution is -2.14. The van der Waals surface area contributed by atoms with Crippen LogP contribution >= 0.6 is 35.4 Å². The standard InChI is InChI=1S/C16H13Cl2FN4OS/c17-11-4-5-15(24-8-12-13(18)2-1-3-14(12)19)10(6-11)7-21-23-9-20-22-16(23)25/h1-6,9,21H,7-8H2,(H,22,25). The lowest BCUT2D eigenvalue weighted by Gasteiger charge is -2.14. The van der Waals surface area contributed by atoms with Crippen LogP contribution in [-0.2, 0) is 13.2 Å². The molecule has 25 heavy (non-hydrogen) atoms. The molecule has 2 N–H and O–H groups in total. The number of H-pyrrole nitrogens is 1. The van der Waals surface area contributed by atoms with Crippen molar-refractivity contribution in [3.05, 3.63) is 74.5 Å². The average molecular weight is 399 g/mol. The molecule has 0 aliphatic heterocycles. The smallest absolute Gasteiger partial charge is 0.214 e. The largest absolute Gasteiger partial charge is 0.488 e. The van der Waals surface area contributed by atoms with E-state index in [1.165, 1.54) is 12.4 Å². The van der Waals surface area contributed by atoms with Crippen molar-refractivity contribution in [1.29, 1.82) is 0 Å². The van der Waals surface area contributed by atoms with Gasteiger partial charge in [0.05, 0.1) is 11.6 Å². The fourth-order valence-electron chi connectivity index (χ4n) is 2.18. The van der Waals surface area contributed by atoms with Gasteiger partial charge in [-0.15, -0.1) is 0 Å². The first-order valence-electron chi connectivity index (χ1n) is 7.24. The van der Waals surface area contributed by atoms with Gasteiger partial charge in [-0.3, -0.25) is 5.10 Å². The minimum atomic E-state index is -0.411. The van der Waals surface area contributed by atoms with Crippen molar-refractivity contribution in [3.8, 4) is 5.75 Å². The summed E-state index contributed by atoms with van der Waals surface area (Å²) in [6.45, 7) is 0.389. The normalized spacial score (nSPS) is 10.7. The zero-order valence-corrected chi connectivity index (χ0v) is 15.1. The molecular weight excluding hydrogens is 386 g/mol. The number of nitrogens with zero attached hydrogens (tertiary/aromatic N) is 2. The molecule has 0 fully saturated rings. The second-order valence-corrected chi connectivity index (χ2v) is 6.34. The van der Waals surface area contributed by atoms with E-state index in [2.05, 4.69) is 15.6 Å². The maximum atomic E-state index is 13.9. The second-order valence-electron chi connectivity index (χ2n) is 5.11. The molecule has 9 heteroatoms. The summed E-state index contributed by atoms with van der Waals surface area (Å²) in [6.07, 6.45) is 1.52. The van der Waals surface area contributed by atoms with Crippen molar-refractivity contribution in [3.63, 3.8) is 0 Å². The first kappa shape index (κ1) is 17.7. The number of aromatic amines is 1. The topological polar surface area (TPSA) is 54.9 Å². The van der Waals surface area contributed by atoms with E-state index in [-0.39, 0.29) is 6.61 Å². The van der Waals surface area contributed by atoms with Gasteiger partial charge in [0.1, 0.15) is 24.5 Å². The average Bonchev–Trinajstić information content (AvgIpc) is 2.99. The SMILES string of the molecule is Fc1cccc(Cl)c1COc1ccc(Cl)cc1CNn1cn[nH]c1=S. The van der Waals surface area contributed by atoms with Crippen LogP contribution in [0, 0.1) is 10.6 Å². The van der Waals surface area contributed by atoms with E-state index in [1.807, 2.05) is 0 Å². The number of aromatic nitrogens is 3. The Labute approximate surface area is 158 Å². The molecule has 0 unspecified atom stereocenters. The van der Waals surface area contributed by atoms with E-state index in [1.54, 1.807) is 35.0 Å². The van der Waals surface area contributed by atoms with Gasteiger partial charge in [-0.1, -0.05) is 29.3 Å². The summed E-state index contributed by atoms with van der Waals surface area (Å²) < 4.78 is 21.6. The quantitative estimate of drug-likeness (QED) is 0.590. The minimum Gasteiger partial charge on any atom is -0.488 e.